The number of carboxylic acid groups (broad SMARTS) is 1. The summed E-state index contributed by atoms with van der Waals surface area (Å²) in [5, 5.41) is 18.9. The second kappa shape index (κ2) is 6.98. The predicted octanol–water partition coefficient (Wildman–Crippen LogP) is 3.65. The number of ether oxygens (including phenoxy) is 1. The van der Waals surface area contributed by atoms with E-state index < -0.39 is 11.8 Å². The summed E-state index contributed by atoms with van der Waals surface area (Å²) < 4.78 is 4.95. The fourth-order valence-corrected chi connectivity index (χ4v) is 2.22. The first kappa shape index (κ1) is 16.6. The van der Waals surface area contributed by atoms with Gasteiger partial charge in [-0.2, -0.15) is 0 Å². The van der Waals surface area contributed by atoms with Crippen molar-refractivity contribution in [1.29, 1.82) is 0 Å². The zero-order valence-electron chi connectivity index (χ0n) is 12.1. The van der Waals surface area contributed by atoms with Crippen molar-refractivity contribution in [2.45, 2.75) is 0 Å². The van der Waals surface area contributed by atoms with Crippen molar-refractivity contribution in [3.05, 3.63) is 64.2 Å². The van der Waals surface area contributed by atoms with Crippen LogP contribution in [0.15, 0.2) is 42.5 Å². The summed E-state index contributed by atoms with van der Waals surface area (Å²) in [6.45, 7) is 0. The maximum atomic E-state index is 12.1. The fraction of sp³-hybridized carbons (Fsp3) is 0.0588. The van der Waals surface area contributed by atoms with Crippen molar-refractivity contribution in [3.8, 4) is 11.5 Å². The summed E-state index contributed by atoms with van der Waals surface area (Å²) in [6.07, 6.45) is 2.62. The van der Waals surface area contributed by atoms with Crippen LogP contribution in [0.2, 0.25) is 5.02 Å². The van der Waals surface area contributed by atoms with Gasteiger partial charge in [-0.1, -0.05) is 23.7 Å². The summed E-state index contributed by atoms with van der Waals surface area (Å²) >= 11 is 5.99. The molecule has 2 rings (SSSR count). The van der Waals surface area contributed by atoms with E-state index in [1.165, 1.54) is 43.5 Å². The van der Waals surface area contributed by atoms with Crippen LogP contribution >= 0.6 is 11.6 Å². The number of phenolic OH excluding ortho intramolecular Hbond substituents is 1. The Morgan fingerprint density at radius 2 is 1.91 bits per heavy atom. The molecule has 0 spiro atoms. The standard InChI is InChI=1S/C17H13ClO5/c1-23-11-6-7-12(15(20)9-11)14(19)8-5-10-3-2-4-13(16(10)18)17(21)22/h2-9,20H,1H3,(H,21,22)/b8-5+. The Balaban J connectivity index is 2.29. The lowest BCUT2D eigenvalue weighted by Gasteiger charge is -2.04. The Labute approximate surface area is 137 Å². The molecule has 0 amide bonds. The van der Waals surface area contributed by atoms with Crippen molar-refractivity contribution in [3.63, 3.8) is 0 Å². The van der Waals surface area contributed by atoms with Gasteiger partial charge in [0.2, 0.25) is 0 Å². The number of aromatic carboxylic acids is 1. The number of hydrogen-bond donors (Lipinski definition) is 2. The number of aromatic hydroxyl groups is 1. The Kier molecular flexibility index (Phi) is 5.03. The Bertz CT molecular complexity index is 796. The number of hydrogen-bond acceptors (Lipinski definition) is 4. The molecule has 0 aromatic heterocycles. The molecule has 0 aliphatic carbocycles. The summed E-state index contributed by atoms with van der Waals surface area (Å²) in [4.78, 5) is 23.1. The van der Waals surface area contributed by atoms with Crippen molar-refractivity contribution < 1.29 is 24.5 Å². The van der Waals surface area contributed by atoms with Gasteiger partial charge in [-0.15, -0.1) is 0 Å². The molecule has 0 atom stereocenters. The molecule has 0 saturated carbocycles. The summed E-state index contributed by atoms with van der Waals surface area (Å²) in [5.41, 5.74) is 0.453. The number of rotatable bonds is 5. The molecule has 2 N–H and O–H groups in total. The molecule has 0 fully saturated rings. The molecule has 6 heteroatoms. The van der Waals surface area contributed by atoms with Crippen molar-refractivity contribution in [2.24, 2.45) is 0 Å². The van der Waals surface area contributed by atoms with Gasteiger partial charge in [0, 0.05) is 6.07 Å². The first-order chi connectivity index (χ1) is 10.9. The number of carboxylic acids is 1. The highest BCUT2D eigenvalue weighted by molar-refractivity contribution is 6.35. The van der Waals surface area contributed by atoms with Crippen LogP contribution in [0.5, 0.6) is 11.5 Å². The van der Waals surface area contributed by atoms with E-state index in [1.54, 1.807) is 12.1 Å². The number of phenols is 1. The number of allylic oxidation sites excluding steroid dienone is 1. The van der Waals surface area contributed by atoms with E-state index in [0.717, 1.165) is 0 Å². The largest absolute Gasteiger partial charge is 0.507 e. The highest BCUT2D eigenvalue weighted by Crippen LogP contribution is 2.25. The average Bonchev–Trinajstić information content (AvgIpc) is 2.53. The fourth-order valence-electron chi connectivity index (χ4n) is 1.95. The van der Waals surface area contributed by atoms with E-state index in [1.807, 2.05) is 0 Å². The molecule has 0 aliphatic rings. The minimum atomic E-state index is -1.15. The monoisotopic (exact) mass is 332 g/mol. The van der Waals surface area contributed by atoms with Crippen LogP contribution in [0.4, 0.5) is 0 Å². The van der Waals surface area contributed by atoms with Gasteiger partial charge in [-0.25, -0.2) is 4.79 Å². The maximum Gasteiger partial charge on any atom is 0.337 e. The van der Waals surface area contributed by atoms with Gasteiger partial charge in [0.15, 0.2) is 5.78 Å². The minimum absolute atomic E-state index is 0.0444. The minimum Gasteiger partial charge on any atom is -0.507 e. The van der Waals surface area contributed by atoms with Crippen molar-refractivity contribution >= 4 is 29.4 Å². The van der Waals surface area contributed by atoms with E-state index in [9.17, 15) is 14.7 Å². The molecule has 0 bridgehead atoms. The highest BCUT2D eigenvalue weighted by atomic mass is 35.5. The van der Waals surface area contributed by atoms with E-state index in [-0.39, 0.29) is 21.9 Å². The molecule has 2 aromatic rings. The van der Waals surface area contributed by atoms with Crippen LogP contribution in [0.3, 0.4) is 0 Å². The van der Waals surface area contributed by atoms with E-state index >= 15 is 0 Å². The molecular formula is C17H13ClO5. The molecule has 0 unspecified atom stereocenters. The summed E-state index contributed by atoms with van der Waals surface area (Å²) in [7, 11) is 1.45. The lowest BCUT2D eigenvalue weighted by atomic mass is 10.1. The van der Waals surface area contributed by atoms with Crippen LogP contribution in [-0.2, 0) is 0 Å². The van der Waals surface area contributed by atoms with Crippen molar-refractivity contribution in [1.82, 2.24) is 0 Å². The topological polar surface area (TPSA) is 83.8 Å². The van der Waals surface area contributed by atoms with E-state index in [4.69, 9.17) is 21.4 Å². The average molecular weight is 333 g/mol. The number of benzene rings is 2. The number of methoxy groups -OCH3 is 1. The molecule has 118 valence electrons. The normalized spacial score (nSPS) is 10.7. The highest BCUT2D eigenvalue weighted by Gasteiger charge is 2.12. The van der Waals surface area contributed by atoms with Gasteiger partial charge < -0.3 is 14.9 Å². The number of carbonyl (C=O) groups excluding carboxylic acids is 1. The van der Waals surface area contributed by atoms with Crippen LogP contribution in [-0.4, -0.2) is 29.1 Å². The second-order valence-corrected chi connectivity index (χ2v) is 4.97. The van der Waals surface area contributed by atoms with Crippen LogP contribution < -0.4 is 4.74 Å². The zero-order chi connectivity index (χ0) is 17.0. The van der Waals surface area contributed by atoms with Crippen LogP contribution in [0.25, 0.3) is 6.08 Å². The summed E-state index contributed by atoms with van der Waals surface area (Å²) in [5.74, 6) is -1.36. The molecule has 0 heterocycles. The molecular weight excluding hydrogens is 320 g/mol. The van der Waals surface area contributed by atoms with Gasteiger partial charge in [-0.05, 0) is 35.9 Å². The Morgan fingerprint density at radius 1 is 1.17 bits per heavy atom. The van der Waals surface area contributed by atoms with Crippen LogP contribution in [0.1, 0.15) is 26.3 Å². The van der Waals surface area contributed by atoms with Gasteiger partial charge in [0.1, 0.15) is 11.5 Å². The van der Waals surface area contributed by atoms with Gasteiger partial charge in [0.05, 0.1) is 23.3 Å². The summed E-state index contributed by atoms with van der Waals surface area (Å²) in [6, 6.07) is 8.82. The molecule has 0 aliphatic heterocycles. The zero-order valence-corrected chi connectivity index (χ0v) is 12.9. The predicted molar refractivity (Wildman–Crippen MR) is 86.4 cm³/mol. The van der Waals surface area contributed by atoms with Gasteiger partial charge in [-0.3, -0.25) is 4.79 Å². The molecule has 0 saturated heterocycles. The lowest BCUT2D eigenvalue weighted by Crippen LogP contribution is -1.98. The third-order valence-corrected chi connectivity index (χ3v) is 3.57. The van der Waals surface area contributed by atoms with Gasteiger partial charge in [0.25, 0.3) is 0 Å². The van der Waals surface area contributed by atoms with Crippen LogP contribution in [0, 0.1) is 0 Å². The quantitative estimate of drug-likeness (QED) is 0.645. The molecule has 23 heavy (non-hydrogen) atoms. The third-order valence-electron chi connectivity index (χ3n) is 3.14. The van der Waals surface area contributed by atoms with E-state index in [2.05, 4.69) is 0 Å². The first-order valence-corrected chi connectivity index (χ1v) is 6.93. The number of carbonyl (C=O) groups is 2. The SMILES string of the molecule is COc1ccc(C(=O)/C=C/c2cccc(C(=O)O)c2Cl)c(O)c1. The lowest BCUT2D eigenvalue weighted by molar-refractivity contribution is 0.0697. The Morgan fingerprint density at radius 3 is 2.52 bits per heavy atom. The Hall–Kier alpha value is -2.79. The molecule has 2 aromatic carbocycles. The molecule has 5 nitrogen and oxygen atoms in total. The third kappa shape index (κ3) is 3.70. The second-order valence-electron chi connectivity index (χ2n) is 4.59. The number of halogens is 1. The van der Waals surface area contributed by atoms with Gasteiger partial charge >= 0.3 is 5.97 Å². The first-order valence-electron chi connectivity index (χ1n) is 6.55. The smallest absolute Gasteiger partial charge is 0.337 e. The maximum absolute atomic E-state index is 12.1. The van der Waals surface area contributed by atoms with Crippen molar-refractivity contribution in [2.75, 3.05) is 7.11 Å². The number of ketones is 1. The molecule has 0 radical (unpaired) electrons. The van der Waals surface area contributed by atoms with E-state index in [0.29, 0.717) is 11.3 Å².